The van der Waals surface area contributed by atoms with Gasteiger partial charge in [-0.3, -0.25) is 0 Å². The third-order valence-corrected chi connectivity index (χ3v) is 5.16. The van der Waals surface area contributed by atoms with E-state index in [2.05, 4.69) is 14.9 Å². The number of piperidine rings is 1. The SMILES string of the molecule is CO[C@@H]1CCC[C@@]12CCCN(c1cc(N)nc(N(C)C)n1)C2. The Balaban J connectivity index is 1.86. The summed E-state index contributed by atoms with van der Waals surface area (Å²) in [6.07, 6.45) is 6.51. The van der Waals surface area contributed by atoms with Crippen LogP contribution in [0.4, 0.5) is 17.6 Å². The molecule has 3 rings (SSSR count). The molecule has 2 N–H and O–H groups in total. The van der Waals surface area contributed by atoms with Crippen LogP contribution >= 0.6 is 0 Å². The van der Waals surface area contributed by atoms with Crippen LogP contribution in [-0.4, -0.2) is 50.4 Å². The number of aromatic nitrogens is 2. The Bertz CT molecular complexity index is 535. The summed E-state index contributed by atoms with van der Waals surface area (Å²) in [6, 6.07) is 1.89. The maximum Gasteiger partial charge on any atom is 0.228 e. The minimum Gasteiger partial charge on any atom is -0.383 e. The fraction of sp³-hybridized carbons (Fsp3) is 0.750. The summed E-state index contributed by atoms with van der Waals surface area (Å²) in [4.78, 5) is 13.2. The van der Waals surface area contributed by atoms with E-state index >= 15 is 0 Å². The topological polar surface area (TPSA) is 67.5 Å². The van der Waals surface area contributed by atoms with Gasteiger partial charge >= 0.3 is 0 Å². The van der Waals surface area contributed by atoms with Crippen LogP contribution in [0.3, 0.4) is 0 Å². The third-order valence-electron chi connectivity index (χ3n) is 5.16. The first kappa shape index (κ1) is 15.3. The predicted octanol–water partition coefficient (Wildman–Crippen LogP) is 1.91. The highest BCUT2D eigenvalue weighted by Crippen LogP contribution is 2.47. The highest BCUT2D eigenvalue weighted by atomic mass is 16.5. The van der Waals surface area contributed by atoms with Gasteiger partial charge in [-0.2, -0.15) is 9.97 Å². The molecule has 1 aromatic heterocycles. The van der Waals surface area contributed by atoms with Gasteiger partial charge in [0.1, 0.15) is 11.6 Å². The Labute approximate surface area is 132 Å². The lowest BCUT2D eigenvalue weighted by Crippen LogP contribution is -2.48. The smallest absolute Gasteiger partial charge is 0.228 e. The zero-order valence-electron chi connectivity index (χ0n) is 13.9. The number of nitrogens with zero attached hydrogens (tertiary/aromatic N) is 4. The second-order valence-electron chi connectivity index (χ2n) is 6.85. The van der Waals surface area contributed by atoms with Crippen molar-refractivity contribution in [2.45, 2.75) is 38.2 Å². The van der Waals surface area contributed by atoms with Crippen molar-refractivity contribution in [3.63, 3.8) is 0 Å². The average Bonchev–Trinajstić information content (AvgIpc) is 2.88. The zero-order chi connectivity index (χ0) is 15.7. The Morgan fingerprint density at radius 1 is 1.32 bits per heavy atom. The van der Waals surface area contributed by atoms with Crippen molar-refractivity contribution < 1.29 is 4.74 Å². The number of hydrogen-bond donors (Lipinski definition) is 1. The molecule has 6 heteroatoms. The third kappa shape index (κ3) is 2.72. The lowest BCUT2D eigenvalue weighted by Gasteiger charge is -2.44. The molecule has 0 amide bonds. The lowest BCUT2D eigenvalue weighted by atomic mass is 9.76. The van der Waals surface area contributed by atoms with Gasteiger partial charge in [0.15, 0.2) is 0 Å². The predicted molar refractivity (Wildman–Crippen MR) is 89.3 cm³/mol. The van der Waals surface area contributed by atoms with Gasteiger partial charge in [-0.1, -0.05) is 6.42 Å². The molecule has 1 saturated carbocycles. The summed E-state index contributed by atoms with van der Waals surface area (Å²) in [7, 11) is 5.73. The molecule has 1 saturated heterocycles. The number of nitrogen functional groups attached to an aromatic ring is 1. The van der Waals surface area contributed by atoms with E-state index in [-0.39, 0.29) is 5.41 Å². The second kappa shape index (κ2) is 5.91. The van der Waals surface area contributed by atoms with E-state index in [4.69, 9.17) is 10.5 Å². The molecule has 2 fully saturated rings. The van der Waals surface area contributed by atoms with Crippen LogP contribution in [0.25, 0.3) is 0 Å². The van der Waals surface area contributed by atoms with Crippen LogP contribution in [0.2, 0.25) is 0 Å². The van der Waals surface area contributed by atoms with E-state index in [0.29, 0.717) is 17.9 Å². The van der Waals surface area contributed by atoms with Gasteiger partial charge in [-0.15, -0.1) is 0 Å². The number of anilines is 3. The molecule has 0 aromatic carbocycles. The zero-order valence-corrected chi connectivity index (χ0v) is 13.9. The summed E-state index contributed by atoms with van der Waals surface area (Å²) < 4.78 is 5.78. The van der Waals surface area contributed by atoms with E-state index < -0.39 is 0 Å². The van der Waals surface area contributed by atoms with Crippen molar-refractivity contribution in [3.8, 4) is 0 Å². The monoisotopic (exact) mass is 305 g/mol. The molecule has 1 aliphatic heterocycles. The Kier molecular flexibility index (Phi) is 4.12. The molecule has 2 heterocycles. The first-order chi connectivity index (χ1) is 10.5. The van der Waals surface area contributed by atoms with Crippen LogP contribution in [-0.2, 0) is 4.74 Å². The molecule has 0 bridgehead atoms. The summed E-state index contributed by atoms with van der Waals surface area (Å²) in [5, 5.41) is 0. The van der Waals surface area contributed by atoms with E-state index in [9.17, 15) is 0 Å². The molecule has 122 valence electrons. The molecule has 0 unspecified atom stereocenters. The summed E-state index contributed by atoms with van der Waals surface area (Å²) in [5.74, 6) is 2.14. The fourth-order valence-corrected chi connectivity index (χ4v) is 4.10. The number of nitrogens with two attached hydrogens (primary N) is 1. The van der Waals surface area contributed by atoms with E-state index in [1.807, 2.05) is 32.2 Å². The largest absolute Gasteiger partial charge is 0.383 e. The number of methoxy groups -OCH3 is 1. The van der Waals surface area contributed by atoms with E-state index in [1.54, 1.807) is 0 Å². The van der Waals surface area contributed by atoms with Gasteiger partial charge in [-0.25, -0.2) is 0 Å². The molecular weight excluding hydrogens is 278 g/mol. The van der Waals surface area contributed by atoms with E-state index in [0.717, 1.165) is 18.9 Å². The van der Waals surface area contributed by atoms with Crippen LogP contribution in [0.15, 0.2) is 6.07 Å². The van der Waals surface area contributed by atoms with Crippen molar-refractivity contribution in [1.29, 1.82) is 0 Å². The maximum atomic E-state index is 5.97. The van der Waals surface area contributed by atoms with Crippen molar-refractivity contribution in [2.24, 2.45) is 5.41 Å². The highest BCUT2D eigenvalue weighted by Gasteiger charge is 2.46. The van der Waals surface area contributed by atoms with E-state index in [1.165, 1.54) is 32.1 Å². The number of rotatable bonds is 3. The van der Waals surface area contributed by atoms with Gasteiger partial charge in [0.05, 0.1) is 6.10 Å². The molecule has 2 atom stereocenters. The molecule has 1 spiro atoms. The maximum absolute atomic E-state index is 5.97. The van der Waals surface area contributed by atoms with Gasteiger partial charge in [0.2, 0.25) is 5.95 Å². The standard InChI is InChI=1S/C16H27N5O/c1-20(2)15-18-13(17)10-14(19-15)21-9-5-8-16(11-21)7-4-6-12(16)22-3/h10,12H,4-9,11H2,1-3H3,(H2,17,18,19)/t12-,16+/m1/s1. The van der Waals surface area contributed by atoms with Gasteiger partial charge in [0, 0.05) is 45.8 Å². The Morgan fingerprint density at radius 2 is 2.09 bits per heavy atom. The molecular formula is C16H27N5O. The van der Waals surface area contributed by atoms with Crippen LogP contribution in [0, 0.1) is 5.41 Å². The minimum absolute atomic E-state index is 0.283. The average molecular weight is 305 g/mol. The molecule has 22 heavy (non-hydrogen) atoms. The summed E-state index contributed by atoms with van der Waals surface area (Å²) in [5.41, 5.74) is 6.26. The molecule has 1 aliphatic carbocycles. The molecule has 0 radical (unpaired) electrons. The lowest BCUT2D eigenvalue weighted by molar-refractivity contribution is 0.00216. The quantitative estimate of drug-likeness (QED) is 0.920. The second-order valence-corrected chi connectivity index (χ2v) is 6.85. The van der Waals surface area contributed by atoms with Crippen LogP contribution < -0.4 is 15.5 Å². The van der Waals surface area contributed by atoms with Crippen molar-refractivity contribution in [3.05, 3.63) is 6.07 Å². The number of ether oxygens (including phenoxy) is 1. The normalized spacial score (nSPS) is 28.3. The van der Waals surface area contributed by atoms with Crippen molar-refractivity contribution in [1.82, 2.24) is 9.97 Å². The summed E-state index contributed by atoms with van der Waals surface area (Å²) >= 11 is 0. The fourth-order valence-electron chi connectivity index (χ4n) is 4.10. The molecule has 6 nitrogen and oxygen atoms in total. The van der Waals surface area contributed by atoms with Crippen LogP contribution in [0.5, 0.6) is 0 Å². The Morgan fingerprint density at radius 3 is 2.82 bits per heavy atom. The number of hydrogen-bond acceptors (Lipinski definition) is 6. The van der Waals surface area contributed by atoms with Crippen molar-refractivity contribution in [2.75, 3.05) is 49.8 Å². The highest BCUT2D eigenvalue weighted by molar-refractivity contribution is 5.52. The van der Waals surface area contributed by atoms with Crippen LogP contribution in [0.1, 0.15) is 32.1 Å². The Hall–Kier alpha value is -1.56. The molecule has 1 aromatic rings. The van der Waals surface area contributed by atoms with Gasteiger partial charge in [0.25, 0.3) is 0 Å². The first-order valence-electron chi connectivity index (χ1n) is 8.14. The van der Waals surface area contributed by atoms with Gasteiger partial charge < -0.3 is 20.3 Å². The van der Waals surface area contributed by atoms with Gasteiger partial charge in [-0.05, 0) is 25.7 Å². The molecule has 2 aliphatic rings. The first-order valence-corrected chi connectivity index (χ1v) is 8.14. The van der Waals surface area contributed by atoms with Crippen molar-refractivity contribution >= 4 is 17.6 Å². The minimum atomic E-state index is 0.283. The summed E-state index contributed by atoms with van der Waals surface area (Å²) in [6.45, 7) is 2.04.